The highest BCUT2D eigenvalue weighted by molar-refractivity contribution is 7.99. The van der Waals surface area contributed by atoms with Crippen LogP contribution in [0.2, 0.25) is 0 Å². The van der Waals surface area contributed by atoms with Crippen LogP contribution >= 0.6 is 11.8 Å². The Morgan fingerprint density at radius 2 is 2.15 bits per heavy atom. The zero-order chi connectivity index (χ0) is 14.1. The summed E-state index contributed by atoms with van der Waals surface area (Å²) in [5, 5.41) is 11.3. The zero-order valence-electron chi connectivity index (χ0n) is 10.6. The molecule has 2 heterocycles. The van der Waals surface area contributed by atoms with Gasteiger partial charge in [0.05, 0.1) is 11.1 Å². The number of aromatic carboxylic acids is 1. The van der Waals surface area contributed by atoms with E-state index < -0.39 is 5.97 Å². The lowest BCUT2D eigenvalue weighted by Crippen LogP contribution is -2.02. The smallest absolute Gasteiger partial charge is 0.338 e. The summed E-state index contributed by atoms with van der Waals surface area (Å²) >= 11 is 1.25. The van der Waals surface area contributed by atoms with E-state index in [1.165, 1.54) is 11.8 Å². The number of hydrogen-bond donors (Lipinski definition) is 1. The molecule has 6 heteroatoms. The molecule has 0 aliphatic heterocycles. The molecule has 0 radical (unpaired) electrons. The number of aromatic nitrogens is 3. The van der Waals surface area contributed by atoms with E-state index in [1.54, 1.807) is 12.3 Å². The van der Waals surface area contributed by atoms with Crippen molar-refractivity contribution in [3.63, 3.8) is 0 Å². The second-order valence-electron chi connectivity index (χ2n) is 4.26. The average molecular weight is 285 g/mol. The molecular formula is C14H11N3O2S. The Labute approximate surface area is 119 Å². The number of rotatable bonds is 3. The first-order chi connectivity index (χ1) is 9.65. The van der Waals surface area contributed by atoms with Crippen molar-refractivity contribution < 1.29 is 9.90 Å². The number of carbonyl (C=O) groups is 1. The molecule has 0 saturated carbocycles. The van der Waals surface area contributed by atoms with Gasteiger partial charge in [-0.2, -0.15) is 0 Å². The van der Waals surface area contributed by atoms with Gasteiger partial charge in [0.25, 0.3) is 0 Å². The number of hydrogen-bond acceptors (Lipinski definition) is 4. The highest BCUT2D eigenvalue weighted by Gasteiger charge is 2.16. The first kappa shape index (κ1) is 12.7. The molecule has 0 saturated heterocycles. The van der Waals surface area contributed by atoms with Crippen LogP contribution in [-0.4, -0.2) is 25.6 Å². The Kier molecular flexibility index (Phi) is 3.15. The van der Waals surface area contributed by atoms with Crippen LogP contribution < -0.4 is 0 Å². The Morgan fingerprint density at radius 3 is 2.85 bits per heavy atom. The number of benzene rings is 1. The van der Waals surface area contributed by atoms with Crippen LogP contribution in [0.5, 0.6) is 0 Å². The molecule has 0 atom stereocenters. The van der Waals surface area contributed by atoms with Gasteiger partial charge in [0.15, 0.2) is 5.16 Å². The number of carboxylic acid groups (broad SMARTS) is 1. The lowest BCUT2D eigenvalue weighted by Gasteiger charge is -2.07. The topological polar surface area (TPSA) is 68.0 Å². The van der Waals surface area contributed by atoms with Crippen molar-refractivity contribution >= 4 is 28.6 Å². The van der Waals surface area contributed by atoms with Crippen molar-refractivity contribution in [1.82, 2.24) is 14.5 Å². The molecule has 5 nitrogen and oxygen atoms in total. The van der Waals surface area contributed by atoms with Gasteiger partial charge < -0.3 is 9.67 Å². The highest BCUT2D eigenvalue weighted by atomic mass is 32.2. The maximum absolute atomic E-state index is 11.4. The molecule has 2 aromatic heterocycles. The normalized spacial score (nSPS) is 10.8. The third-order valence-corrected chi connectivity index (χ3v) is 3.96. The fourth-order valence-corrected chi connectivity index (χ4v) is 2.76. The summed E-state index contributed by atoms with van der Waals surface area (Å²) in [6, 6.07) is 9.11. The minimum absolute atomic E-state index is 0.191. The Bertz CT molecular complexity index is 798. The standard InChI is InChI=1S/C14H11N3O2S/c1-17-7-6-15-14(17)20-12-10(13(18)19)8-9-4-2-3-5-11(9)16-12/h2-8H,1H3,(H,18,19). The summed E-state index contributed by atoms with van der Waals surface area (Å²) in [7, 11) is 1.86. The van der Waals surface area contributed by atoms with Crippen molar-refractivity contribution in [2.24, 2.45) is 7.05 Å². The average Bonchev–Trinajstić information content (AvgIpc) is 2.83. The minimum atomic E-state index is -0.986. The van der Waals surface area contributed by atoms with Gasteiger partial charge in [-0.1, -0.05) is 18.2 Å². The third kappa shape index (κ3) is 2.25. The van der Waals surface area contributed by atoms with E-state index in [1.807, 2.05) is 42.1 Å². The molecule has 0 spiro atoms. The molecule has 0 aliphatic carbocycles. The summed E-state index contributed by atoms with van der Waals surface area (Å²) in [4.78, 5) is 20.0. The van der Waals surface area contributed by atoms with Crippen LogP contribution in [0.3, 0.4) is 0 Å². The van der Waals surface area contributed by atoms with Gasteiger partial charge in [-0.05, 0) is 23.9 Å². The number of aryl methyl sites for hydroxylation is 1. The molecule has 0 fully saturated rings. The highest BCUT2D eigenvalue weighted by Crippen LogP contribution is 2.29. The van der Waals surface area contributed by atoms with E-state index in [2.05, 4.69) is 9.97 Å². The number of imidazole rings is 1. The van der Waals surface area contributed by atoms with Gasteiger partial charge in [-0.3, -0.25) is 0 Å². The molecule has 3 aromatic rings. The van der Waals surface area contributed by atoms with E-state index in [-0.39, 0.29) is 5.56 Å². The molecule has 3 rings (SSSR count). The SMILES string of the molecule is Cn1ccnc1Sc1nc2ccccc2cc1C(=O)O. The molecule has 1 aromatic carbocycles. The zero-order valence-corrected chi connectivity index (χ0v) is 11.5. The molecule has 0 amide bonds. The van der Waals surface area contributed by atoms with Crippen LogP contribution in [0.1, 0.15) is 10.4 Å². The Morgan fingerprint density at radius 1 is 1.35 bits per heavy atom. The number of pyridine rings is 1. The molecule has 0 bridgehead atoms. The molecule has 100 valence electrons. The number of fused-ring (bicyclic) bond motifs is 1. The second kappa shape index (κ2) is 4.97. The summed E-state index contributed by atoms with van der Waals surface area (Å²) in [6.07, 6.45) is 3.48. The van der Waals surface area contributed by atoms with Crippen molar-refractivity contribution in [1.29, 1.82) is 0 Å². The van der Waals surface area contributed by atoms with Gasteiger partial charge in [0.2, 0.25) is 0 Å². The predicted octanol–water partition coefficient (Wildman–Crippen LogP) is 2.82. The van der Waals surface area contributed by atoms with Crippen molar-refractivity contribution in [3.05, 3.63) is 48.3 Å². The molecule has 1 N–H and O–H groups in total. The van der Waals surface area contributed by atoms with E-state index in [0.717, 1.165) is 10.9 Å². The molecule has 20 heavy (non-hydrogen) atoms. The minimum Gasteiger partial charge on any atom is -0.478 e. The first-order valence-electron chi connectivity index (χ1n) is 5.93. The van der Waals surface area contributed by atoms with Gasteiger partial charge in [-0.15, -0.1) is 0 Å². The van der Waals surface area contributed by atoms with E-state index >= 15 is 0 Å². The second-order valence-corrected chi connectivity index (χ2v) is 5.22. The fourth-order valence-electron chi connectivity index (χ4n) is 1.87. The van der Waals surface area contributed by atoms with Gasteiger partial charge in [-0.25, -0.2) is 14.8 Å². The lowest BCUT2D eigenvalue weighted by molar-refractivity contribution is 0.0692. The Balaban J connectivity index is 2.14. The molecule has 0 unspecified atom stereocenters. The van der Waals surface area contributed by atoms with Crippen LogP contribution in [0.25, 0.3) is 10.9 Å². The Hall–Kier alpha value is -2.34. The van der Waals surface area contributed by atoms with Gasteiger partial charge in [0.1, 0.15) is 5.03 Å². The summed E-state index contributed by atoms with van der Waals surface area (Å²) in [6.45, 7) is 0. The predicted molar refractivity (Wildman–Crippen MR) is 76.0 cm³/mol. The third-order valence-electron chi connectivity index (χ3n) is 2.88. The lowest BCUT2D eigenvalue weighted by atomic mass is 10.1. The fraction of sp³-hybridized carbons (Fsp3) is 0.0714. The molecular weight excluding hydrogens is 274 g/mol. The van der Waals surface area contributed by atoms with Crippen LogP contribution in [0.15, 0.2) is 52.9 Å². The van der Waals surface area contributed by atoms with Gasteiger partial charge in [0, 0.05) is 24.8 Å². The van der Waals surface area contributed by atoms with Crippen molar-refractivity contribution in [2.75, 3.05) is 0 Å². The maximum atomic E-state index is 11.4. The van der Waals surface area contributed by atoms with E-state index in [0.29, 0.717) is 10.2 Å². The van der Waals surface area contributed by atoms with E-state index in [4.69, 9.17) is 0 Å². The van der Waals surface area contributed by atoms with Gasteiger partial charge >= 0.3 is 5.97 Å². The van der Waals surface area contributed by atoms with Crippen LogP contribution in [0.4, 0.5) is 0 Å². The van der Waals surface area contributed by atoms with Crippen molar-refractivity contribution in [2.45, 2.75) is 10.2 Å². The number of para-hydroxylation sites is 1. The van der Waals surface area contributed by atoms with Crippen LogP contribution in [-0.2, 0) is 7.05 Å². The largest absolute Gasteiger partial charge is 0.478 e. The van der Waals surface area contributed by atoms with E-state index in [9.17, 15) is 9.90 Å². The van der Waals surface area contributed by atoms with Crippen LogP contribution in [0, 0.1) is 0 Å². The summed E-state index contributed by atoms with van der Waals surface area (Å²) in [5.41, 5.74) is 0.964. The summed E-state index contributed by atoms with van der Waals surface area (Å²) in [5.74, 6) is -0.986. The molecule has 0 aliphatic rings. The summed E-state index contributed by atoms with van der Waals surface area (Å²) < 4.78 is 1.83. The number of nitrogens with zero attached hydrogens (tertiary/aromatic N) is 3. The van der Waals surface area contributed by atoms with Crippen molar-refractivity contribution in [3.8, 4) is 0 Å². The monoisotopic (exact) mass is 285 g/mol. The first-order valence-corrected chi connectivity index (χ1v) is 6.75. The quantitative estimate of drug-likeness (QED) is 0.801. The number of carboxylic acids is 1. The maximum Gasteiger partial charge on any atom is 0.338 e.